The van der Waals surface area contributed by atoms with Gasteiger partial charge in [-0.2, -0.15) is 0 Å². The van der Waals surface area contributed by atoms with Crippen LogP contribution in [0.2, 0.25) is 0 Å². The van der Waals surface area contributed by atoms with E-state index in [0.717, 1.165) is 55.4 Å². The fourth-order valence-electron chi connectivity index (χ4n) is 3.48. The van der Waals surface area contributed by atoms with Crippen LogP contribution in [-0.2, 0) is 6.54 Å². The average Bonchev–Trinajstić information content (AvgIpc) is 2.69. The molecule has 3 aromatic heterocycles. The van der Waals surface area contributed by atoms with Crippen molar-refractivity contribution in [2.45, 2.75) is 20.4 Å². The number of aryl methyl sites for hydroxylation is 2. The minimum atomic E-state index is 0.674. The normalized spacial score (nSPS) is 15.1. The summed E-state index contributed by atoms with van der Waals surface area (Å²) in [6.45, 7) is 9.10. The Kier molecular flexibility index (Phi) is 5.07. The van der Waals surface area contributed by atoms with Crippen molar-refractivity contribution >= 4 is 5.69 Å². The van der Waals surface area contributed by atoms with Gasteiger partial charge in [0.1, 0.15) is 5.69 Å². The maximum atomic E-state index is 4.48. The second-order valence-corrected chi connectivity index (χ2v) is 7.00. The Morgan fingerprint density at radius 2 is 1.59 bits per heavy atom. The lowest BCUT2D eigenvalue weighted by molar-refractivity contribution is 0.249. The van der Waals surface area contributed by atoms with Gasteiger partial charge in [0.25, 0.3) is 0 Å². The van der Waals surface area contributed by atoms with Gasteiger partial charge in [0, 0.05) is 74.0 Å². The zero-order valence-electron chi connectivity index (χ0n) is 15.8. The zero-order valence-corrected chi connectivity index (χ0v) is 15.8. The molecule has 0 bridgehead atoms. The molecule has 0 aliphatic carbocycles. The van der Waals surface area contributed by atoms with Crippen LogP contribution < -0.4 is 4.90 Å². The van der Waals surface area contributed by atoms with Crippen molar-refractivity contribution in [1.29, 1.82) is 0 Å². The lowest BCUT2D eigenvalue weighted by atomic mass is 10.2. The van der Waals surface area contributed by atoms with Gasteiger partial charge in [-0.3, -0.25) is 14.9 Å². The first-order valence-corrected chi connectivity index (χ1v) is 9.32. The van der Waals surface area contributed by atoms with Crippen molar-refractivity contribution in [1.82, 2.24) is 24.8 Å². The molecule has 6 heteroatoms. The van der Waals surface area contributed by atoms with E-state index in [0.29, 0.717) is 5.82 Å². The second-order valence-electron chi connectivity index (χ2n) is 7.00. The fraction of sp³-hybridized carbons (Fsp3) is 0.333. The van der Waals surface area contributed by atoms with Crippen LogP contribution in [0, 0.1) is 13.8 Å². The average molecular weight is 360 g/mol. The quantitative estimate of drug-likeness (QED) is 0.713. The van der Waals surface area contributed by atoms with Gasteiger partial charge in [0.05, 0.1) is 0 Å². The molecule has 1 saturated heterocycles. The van der Waals surface area contributed by atoms with Crippen molar-refractivity contribution in [3.8, 4) is 11.5 Å². The van der Waals surface area contributed by atoms with Gasteiger partial charge >= 0.3 is 0 Å². The number of piperazine rings is 1. The van der Waals surface area contributed by atoms with Crippen molar-refractivity contribution < 1.29 is 0 Å². The van der Waals surface area contributed by atoms with Crippen LogP contribution in [0.25, 0.3) is 11.5 Å². The molecular formula is C21H24N6. The molecule has 27 heavy (non-hydrogen) atoms. The van der Waals surface area contributed by atoms with E-state index >= 15 is 0 Å². The number of nitrogens with zero attached hydrogens (tertiary/aromatic N) is 6. The van der Waals surface area contributed by atoms with Gasteiger partial charge < -0.3 is 4.90 Å². The molecule has 1 fully saturated rings. The summed E-state index contributed by atoms with van der Waals surface area (Å²) < 4.78 is 0. The molecule has 4 rings (SSSR count). The van der Waals surface area contributed by atoms with Crippen LogP contribution in [0.5, 0.6) is 0 Å². The summed E-state index contributed by atoms with van der Waals surface area (Å²) in [5, 5.41) is 0. The van der Waals surface area contributed by atoms with E-state index in [9.17, 15) is 0 Å². The van der Waals surface area contributed by atoms with Crippen LogP contribution in [-0.4, -0.2) is 51.0 Å². The highest BCUT2D eigenvalue weighted by molar-refractivity contribution is 5.49. The van der Waals surface area contributed by atoms with Crippen LogP contribution in [0.4, 0.5) is 5.69 Å². The molecule has 6 nitrogen and oxygen atoms in total. The lowest BCUT2D eigenvalue weighted by Gasteiger charge is -2.36. The summed E-state index contributed by atoms with van der Waals surface area (Å²) in [4.78, 5) is 22.6. The highest BCUT2D eigenvalue weighted by Gasteiger charge is 2.18. The number of pyridine rings is 2. The zero-order chi connectivity index (χ0) is 18.6. The van der Waals surface area contributed by atoms with Gasteiger partial charge in [-0.1, -0.05) is 6.07 Å². The molecule has 0 radical (unpaired) electrons. The Balaban J connectivity index is 1.35. The summed E-state index contributed by atoms with van der Waals surface area (Å²) in [7, 11) is 0. The fourth-order valence-corrected chi connectivity index (χ4v) is 3.48. The van der Waals surface area contributed by atoms with Crippen LogP contribution in [0.15, 0.2) is 48.9 Å². The second kappa shape index (κ2) is 7.80. The monoisotopic (exact) mass is 360 g/mol. The Labute approximate surface area is 159 Å². The van der Waals surface area contributed by atoms with E-state index < -0.39 is 0 Å². The molecule has 0 saturated carbocycles. The van der Waals surface area contributed by atoms with E-state index in [4.69, 9.17) is 0 Å². The smallest absolute Gasteiger partial charge is 0.178 e. The van der Waals surface area contributed by atoms with Crippen LogP contribution in [0.3, 0.4) is 0 Å². The lowest BCUT2D eigenvalue weighted by Crippen LogP contribution is -2.46. The Morgan fingerprint density at radius 1 is 0.889 bits per heavy atom. The maximum absolute atomic E-state index is 4.48. The summed E-state index contributed by atoms with van der Waals surface area (Å²) in [6, 6.07) is 10.1. The largest absolute Gasteiger partial charge is 0.369 e. The van der Waals surface area contributed by atoms with Crippen molar-refractivity contribution in [3.05, 3.63) is 65.9 Å². The van der Waals surface area contributed by atoms with E-state index in [2.05, 4.69) is 55.7 Å². The molecule has 0 amide bonds. The van der Waals surface area contributed by atoms with Gasteiger partial charge in [-0.25, -0.2) is 9.97 Å². The van der Waals surface area contributed by atoms with Crippen LogP contribution >= 0.6 is 0 Å². The van der Waals surface area contributed by atoms with E-state index in [-0.39, 0.29) is 0 Å². The summed E-state index contributed by atoms with van der Waals surface area (Å²) in [5.74, 6) is 0.674. The SMILES string of the molecule is Cc1cc(N2CCN(Cc3cnc(-c4ccccn4)nc3)CC2)cc(C)n1. The standard InChI is InChI=1S/C21H24N6/c1-16-11-19(12-17(2)25-16)27-9-7-26(8-10-27)15-18-13-23-21(24-14-18)20-5-3-4-6-22-20/h3-6,11-14H,7-10,15H2,1-2H3. The highest BCUT2D eigenvalue weighted by Crippen LogP contribution is 2.19. The number of hydrogen-bond acceptors (Lipinski definition) is 6. The third-order valence-electron chi connectivity index (χ3n) is 4.81. The van der Waals surface area contributed by atoms with E-state index in [1.165, 1.54) is 5.69 Å². The number of anilines is 1. The van der Waals surface area contributed by atoms with Crippen molar-refractivity contribution in [3.63, 3.8) is 0 Å². The molecule has 0 aromatic carbocycles. The predicted octanol–water partition coefficient (Wildman–Crippen LogP) is 2.87. The first-order valence-electron chi connectivity index (χ1n) is 9.32. The molecule has 0 spiro atoms. The van der Waals surface area contributed by atoms with Gasteiger partial charge in [0.2, 0.25) is 0 Å². The number of hydrogen-bond donors (Lipinski definition) is 0. The Hall–Kier alpha value is -2.86. The molecule has 1 aliphatic rings. The number of aromatic nitrogens is 4. The Bertz CT molecular complexity index is 866. The molecule has 4 heterocycles. The highest BCUT2D eigenvalue weighted by atomic mass is 15.3. The first kappa shape index (κ1) is 17.5. The summed E-state index contributed by atoms with van der Waals surface area (Å²) in [6.07, 6.45) is 5.59. The molecule has 138 valence electrons. The van der Waals surface area contributed by atoms with E-state index in [1.54, 1.807) is 6.20 Å². The third-order valence-corrected chi connectivity index (χ3v) is 4.81. The predicted molar refractivity (Wildman–Crippen MR) is 106 cm³/mol. The van der Waals surface area contributed by atoms with Gasteiger partial charge in [-0.15, -0.1) is 0 Å². The Morgan fingerprint density at radius 3 is 2.22 bits per heavy atom. The molecule has 3 aromatic rings. The number of rotatable bonds is 4. The molecule has 0 N–H and O–H groups in total. The molecule has 1 aliphatic heterocycles. The van der Waals surface area contributed by atoms with Gasteiger partial charge in [0.15, 0.2) is 5.82 Å². The first-order chi connectivity index (χ1) is 13.2. The molecular weight excluding hydrogens is 336 g/mol. The summed E-state index contributed by atoms with van der Waals surface area (Å²) in [5.41, 5.74) is 5.39. The molecule has 0 atom stereocenters. The third kappa shape index (κ3) is 4.28. The minimum Gasteiger partial charge on any atom is -0.369 e. The van der Waals surface area contributed by atoms with Crippen molar-refractivity contribution in [2.75, 3.05) is 31.1 Å². The summed E-state index contributed by atoms with van der Waals surface area (Å²) >= 11 is 0. The van der Waals surface area contributed by atoms with Gasteiger partial charge in [-0.05, 0) is 38.1 Å². The minimum absolute atomic E-state index is 0.674. The van der Waals surface area contributed by atoms with Crippen molar-refractivity contribution in [2.24, 2.45) is 0 Å². The van der Waals surface area contributed by atoms with E-state index in [1.807, 2.05) is 30.6 Å². The topological polar surface area (TPSA) is 58.0 Å². The van der Waals surface area contributed by atoms with Crippen LogP contribution in [0.1, 0.15) is 17.0 Å². The maximum Gasteiger partial charge on any atom is 0.178 e. The molecule has 0 unspecified atom stereocenters.